The maximum Gasteiger partial charge on any atom is 0.338 e. The molecule has 0 bridgehead atoms. The van der Waals surface area contributed by atoms with Crippen molar-refractivity contribution < 1.29 is 9.53 Å². The van der Waals surface area contributed by atoms with E-state index in [2.05, 4.69) is 4.99 Å². The number of aromatic nitrogens is 1. The zero-order chi connectivity index (χ0) is 19.7. The smallest absolute Gasteiger partial charge is 0.338 e. The first kappa shape index (κ1) is 18.6. The van der Waals surface area contributed by atoms with Crippen molar-refractivity contribution in [3.63, 3.8) is 0 Å². The van der Waals surface area contributed by atoms with Crippen molar-refractivity contribution in [2.45, 2.75) is 19.9 Å². The SMILES string of the molecule is CCOC(=O)C1=C(C)N=c2s/c(=C/c3ccsc3)c(=O)n2[C@@H]1c1ccccc1. The van der Waals surface area contributed by atoms with Crippen molar-refractivity contribution >= 4 is 34.7 Å². The fraction of sp³-hybridized carbons (Fsp3) is 0.190. The number of fused-ring (bicyclic) bond motifs is 1. The van der Waals surface area contributed by atoms with Crippen LogP contribution in [0.15, 0.2) is 68.2 Å². The van der Waals surface area contributed by atoms with Gasteiger partial charge in [-0.15, -0.1) is 0 Å². The standard InChI is InChI=1S/C21H18N2O3S2/c1-3-26-20(25)17-13(2)22-21-23(18(17)15-7-5-4-6-8-15)19(24)16(28-21)11-14-9-10-27-12-14/h4-12,18H,3H2,1-2H3/b16-11+/t18-/m1/s1. The lowest BCUT2D eigenvalue weighted by Gasteiger charge is -2.24. The number of thiazole rings is 1. The summed E-state index contributed by atoms with van der Waals surface area (Å²) in [4.78, 5) is 31.1. The Bertz CT molecular complexity index is 1220. The van der Waals surface area contributed by atoms with Crippen LogP contribution in [0.25, 0.3) is 6.08 Å². The molecule has 142 valence electrons. The Hall–Kier alpha value is -2.77. The van der Waals surface area contributed by atoms with E-state index in [1.807, 2.05) is 53.2 Å². The molecule has 0 saturated heterocycles. The molecule has 3 aromatic rings. The minimum atomic E-state index is -0.555. The quantitative estimate of drug-likeness (QED) is 0.622. The highest BCUT2D eigenvalue weighted by Gasteiger charge is 2.33. The average Bonchev–Trinajstić information content (AvgIpc) is 3.30. The molecule has 0 fully saturated rings. The van der Waals surface area contributed by atoms with Crippen LogP contribution in [0.3, 0.4) is 0 Å². The van der Waals surface area contributed by atoms with Crippen molar-refractivity contribution in [1.82, 2.24) is 4.57 Å². The van der Waals surface area contributed by atoms with Gasteiger partial charge < -0.3 is 4.74 Å². The fourth-order valence-corrected chi connectivity index (χ4v) is 4.92. The molecule has 7 heteroatoms. The molecule has 1 aromatic carbocycles. The Morgan fingerprint density at radius 3 is 2.75 bits per heavy atom. The lowest BCUT2D eigenvalue weighted by molar-refractivity contribution is -0.139. The molecule has 0 aliphatic carbocycles. The van der Waals surface area contributed by atoms with Gasteiger partial charge >= 0.3 is 5.97 Å². The van der Waals surface area contributed by atoms with E-state index in [4.69, 9.17) is 4.74 Å². The Kier molecular flexibility index (Phi) is 5.11. The van der Waals surface area contributed by atoms with E-state index in [0.29, 0.717) is 20.6 Å². The summed E-state index contributed by atoms with van der Waals surface area (Å²) in [5.41, 5.74) is 2.66. The van der Waals surface area contributed by atoms with Crippen LogP contribution in [0.4, 0.5) is 0 Å². The third-order valence-corrected chi connectivity index (χ3v) is 6.16. The summed E-state index contributed by atoms with van der Waals surface area (Å²) in [6, 6.07) is 10.9. The summed E-state index contributed by atoms with van der Waals surface area (Å²) in [7, 11) is 0. The van der Waals surface area contributed by atoms with Gasteiger partial charge in [0.2, 0.25) is 0 Å². The van der Waals surface area contributed by atoms with E-state index in [1.54, 1.807) is 29.8 Å². The van der Waals surface area contributed by atoms with E-state index in [9.17, 15) is 9.59 Å². The van der Waals surface area contributed by atoms with Crippen LogP contribution in [-0.2, 0) is 9.53 Å². The molecule has 0 unspecified atom stereocenters. The van der Waals surface area contributed by atoms with E-state index in [-0.39, 0.29) is 12.2 Å². The van der Waals surface area contributed by atoms with Crippen LogP contribution >= 0.6 is 22.7 Å². The molecule has 3 heterocycles. The van der Waals surface area contributed by atoms with Gasteiger partial charge in [0, 0.05) is 0 Å². The number of benzene rings is 1. The Balaban J connectivity index is 1.97. The van der Waals surface area contributed by atoms with Gasteiger partial charge in [0.05, 0.1) is 28.5 Å². The van der Waals surface area contributed by atoms with Gasteiger partial charge in [0.25, 0.3) is 5.56 Å². The molecule has 1 aliphatic heterocycles. The average molecular weight is 411 g/mol. The van der Waals surface area contributed by atoms with Crippen LogP contribution in [0.1, 0.15) is 31.0 Å². The number of carbonyl (C=O) groups excluding carboxylic acids is 1. The van der Waals surface area contributed by atoms with E-state index >= 15 is 0 Å². The molecule has 0 saturated carbocycles. The predicted octanol–water partition coefficient (Wildman–Crippen LogP) is 2.86. The van der Waals surface area contributed by atoms with Gasteiger partial charge in [-0.3, -0.25) is 9.36 Å². The van der Waals surface area contributed by atoms with Gasteiger partial charge in [-0.25, -0.2) is 9.79 Å². The Labute approximate surface area is 169 Å². The molecule has 1 atom stereocenters. The largest absolute Gasteiger partial charge is 0.463 e. The van der Waals surface area contributed by atoms with Crippen molar-refractivity contribution in [3.05, 3.63) is 89.2 Å². The van der Waals surface area contributed by atoms with E-state index in [0.717, 1.165) is 11.1 Å². The van der Waals surface area contributed by atoms with Gasteiger partial charge in [0.1, 0.15) is 0 Å². The normalized spacial score (nSPS) is 16.6. The first-order valence-corrected chi connectivity index (χ1v) is 10.6. The minimum Gasteiger partial charge on any atom is -0.463 e. The molecular weight excluding hydrogens is 392 g/mol. The highest BCUT2D eigenvalue weighted by Crippen LogP contribution is 2.30. The van der Waals surface area contributed by atoms with Crippen LogP contribution in [0.5, 0.6) is 0 Å². The monoisotopic (exact) mass is 410 g/mol. The Morgan fingerprint density at radius 2 is 2.07 bits per heavy atom. The van der Waals surface area contributed by atoms with E-state index in [1.165, 1.54) is 11.3 Å². The van der Waals surface area contributed by atoms with Gasteiger partial charge in [0.15, 0.2) is 4.80 Å². The molecule has 28 heavy (non-hydrogen) atoms. The lowest BCUT2D eigenvalue weighted by atomic mass is 9.96. The van der Waals surface area contributed by atoms with Crippen molar-refractivity contribution in [2.24, 2.45) is 4.99 Å². The maximum absolute atomic E-state index is 13.3. The zero-order valence-corrected chi connectivity index (χ0v) is 17.0. The van der Waals surface area contributed by atoms with Crippen molar-refractivity contribution in [1.29, 1.82) is 0 Å². The number of hydrogen-bond donors (Lipinski definition) is 0. The molecule has 4 rings (SSSR count). The van der Waals surface area contributed by atoms with Crippen LogP contribution in [-0.4, -0.2) is 17.1 Å². The first-order chi connectivity index (χ1) is 13.6. The second-order valence-electron chi connectivity index (χ2n) is 6.27. The van der Waals surface area contributed by atoms with Gasteiger partial charge in [-0.2, -0.15) is 11.3 Å². The summed E-state index contributed by atoms with van der Waals surface area (Å²) < 4.78 is 7.48. The molecule has 0 N–H and O–H groups in total. The number of allylic oxidation sites excluding steroid dienone is 1. The second-order valence-corrected chi connectivity index (χ2v) is 8.06. The number of esters is 1. The number of carbonyl (C=O) groups is 1. The van der Waals surface area contributed by atoms with Gasteiger partial charge in [-0.05, 0) is 47.9 Å². The molecular formula is C21H18N2O3S2. The van der Waals surface area contributed by atoms with Crippen LogP contribution in [0.2, 0.25) is 0 Å². The summed E-state index contributed by atoms with van der Waals surface area (Å²) in [5.74, 6) is -0.440. The summed E-state index contributed by atoms with van der Waals surface area (Å²) in [5, 5.41) is 3.96. The number of rotatable bonds is 4. The predicted molar refractivity (Wildman–Crippen MR) is 111 cm³/mol. The molecule has 0 amide bonds. The topological polar surface area (TPSA) is 60.7 Å². The maximum atomic E-state index is 13.3. The second kappa shape index (κ2) is 7.69. The van der Waals surface area contributed by atoms with Crippen molar-refractivity contribution in [3.8, 4) is 0 Å². The summed E-state index contributed by atoms with van der Waals surface area (Å²) >= 11 is 2.91. The van der Waals surface area contributed by atoms with Crippen LogP contribution < -0.4 is 14.9 Å². The number of hydrogen-bond acceptors (Lipinski definition) is 6. The molecule has 2 aromatic heterocycles. The molecule has 0 spiro atoms. The minimum absolute atomic E-state index is 0.155. The lowest BCUT2D eigenvalue weighted by Crippen LogP contribution is -2.39. The Morgan fingerprint density at radius 1 is 1.29 bits per heavy atom. The first-order valence-electron chi connectivity index (χ1n) is 8.87. The third kappa shape index (κ3) is 3.27. The number of ether oxygens (including phenoxy) is 1. The number of thiophene rings is 1. The zero-order valence-electron chi connectivity index (χ0n) is 15.4. The summed E-state index contributed by atoms with van der Waals surface area (Å²) in [6.07, 6.45) is 1.87. The highest BCUT2D eigenvalue weighted by atomic mass is 32.1. The third-order valence-electron chi connectivity index (χ3n) is 4.47. The fourth-order valence-electron chi connectivity index (χ4n) is 3.25. The van der Waals surface area contributed by atoms with Gasteiger partial charge in [-0.1, -0.05) is 41.7 Å². The number of nitrogens with zero attached hydrogens (tertiary/aromatic N) is 2. The highest BCUT2D eigenvalue weighted by molar-refractivity contribution is 7.08. The molecule has 1 aliphatic rings. The molecule has 0 radical (unpaired) electrons. The molecule has 5 nitrogen and oxygen atoms in total. The van der Waals surface area contributed by atoms with Crippen LogP contribution in [0, 0.1) is 0 Å². The van der Waals surface area contributed by atoms with Crippen molar-refractivity contribution in [2.75, 3.05) is 6.61 Å². The summed E-state index contributed by atoms with van der Waals surface area (Å²) in [6.45, 7) is 3.82. The van der Waals surface area contributed by atoms with E-state index < -0.39 is 12.0 Å².